The average molecular weight is 385 g/mol. The monoisotopic (exact) mass is 385 g/mol. The van der Waals surface area contributed by atoms with Gasteiger partial charge in [0.05, 0.1) is 0 Å². The van der Waals surface area contributed by atoms with E-state index in [-0.39, 0.29) is 11.7 Å². The van der Waals surface area contributed by atoms with E-state index in [9.17, 15) is 4.79 Å². The third kappa shape index (κ3) is 3.10. The zero-order chi connectivity index (χ0) is 19.8. The highest BCUT2D eigenvalue weighted by Gasteiger charge is 2.31. The van der Waals surface area contributed by atoms with E-state index in [1.54, 1.807) is 4.57 Å². The number of rotatable bonds is 5. The van der Waals surface area contributed by atoms with E-state index in [0.29, 0.717) is 24.7 Å². The lowest BCUT2D eigenvalue weighted by atomic mass is 10.1. The van der Waals surface area contributed by atoms with Gasteiger partial charge in [-0.3, -0.25) is 9.13 Å². The van der Waals surface area contributed by atoms with Crippen LogP contribution in [-0.2, 0) is 19.5 Å². The number of benzene rings is 2. The van der Waals surface area contributed by atoms with Crippen LogP contribution in [0.25, 0.3) is 22.9 Å². The van der Waals surface area contributed by atoms with E-state index in [0.717, 1.165) is 29.9 Å². The maximum Gasteiger partial charge on any atom is 0.331 e. The molecule has 1 N–H and O–H groups in total. The van der Waals surface area contributed by atoms with Gasteiger partial charge in [-0.1, -0.05) is 67.6 Å². The molecule has 6 heteroatoms. The summed E-state index contributed by atoms with van der Waals surface area (Å²) in [6.07, 6.45) is 1.72. The maximum absolute atomic E-state index is 13.2. The summed E-state index contributed by atoms with van der Waals surface area (Å²) < 4.78 is 3.60. The Kier molecular flexibility index (Phi) is 4.39. The Morgan fingerprint density at radius 2 is 1.76 bits per heavy atom. The minimum Gasteiger partial charge on any atom is -0.365 e. The number of nitrogens with one attached hydrogen (secondary N) is 1. The molecule has 0 fully saturated rings. The highest BCUT2D eigenvalue weighted by atomic mass is 16.1. The largest absolute Gasteiger partial charge is 0.365 e. The van der Waals surface area contributed by atoms with E-state index >= 15 is 0 Å². The predicted octanol–water partition coefficient (Wildman–Crippen LogP) is 3.66. The molecule has 29 heavy (non-hydrogen) atoms. The molecule has 3 aliphatic heterocycles. The Morgan fingerprint density at radius 1 is 1.03 bits per heavy atom. The van der Waals surface area contributed by atoms with Crippen molar-refractivity contribution < 1.29 is 0 Å². The lowest BCUT2D eigenvalue weighted by Gasteiger charge is -2.13. The first kappa shape index (κ1) is 17.7. The number of aromatic nitrogens is 4. The summed E-state index contributed by atoms with van der Waals surface area (Å²) in [7, 11) is 0. The van der Waals surface area contributed by atoms with Crippen molar-refractivity contribution in [1.82, 2.24) is 19.1 Å². The molecule has 3 aliphatic rings. The molecule has 0 aliphatic carbocycles. The van der Waals surface area contributed by atoms with Crippen LogP contribution in [0.2, 0.25) is 0 Å². The molecule has 0 bridgehead atoms. The second kappa shape index (κ2) is 7.20. The minimum absolute atomic E-state index is 0.0167. The summed E-state index contributed by atoms with van der Waals surface area (Å²) >= 11 is 0. The van der Waals surface area contributed by atoms with Crippen LogP contribution in [0.5, 0.6) is 0 Å². The van der Waals surface area contributed by atoms with E-state index in [1.165, 1.54) is 5.56 Å². The van der Waals surface area contributed by atoms with E-state index in [2.05, 4.69) is 24.4 Å². The van der Waals surface area contributed by atoms with Crippen LogP contribution in [0.1, 0.15) is 18.9 Å². The fourth-order valence-corrected chi connectivity index (χ4v) is 4.07. The number of fused-ring (bicyclic) bond motifs is 3. The van der Waals surface area contributed by atoms with Gasteiger partial charge in [0.2, 0.25) is 0 Å². The number of anilines is 1. The normalized spacial score (nSPS) is 15.4. The van der Waals surface area contributed by atoms with Crippen molar-refractivity contribution in [1.29, 1.82) is 0 Å². The Balaban J connectivity index is 1.59. The predicted molar refractivity (Wildman–Crippen MR) is 114 cm³/mol. The molecular weight excluding hydrogens is 362 g/mol. The van der Waals surface area contributed by atoms with Crippen molar-refractivity contribution in [2.24, 2.45) is 0 Å². The minimum atomic E-state index is -0.0167. The van der Waals surface area contributed by atoms with Gasteiger partial charge in [-0.25, -0.2) is 14.8 Å². The zero-order valence-corrected chi connectivity index (χ0v) is 16.4. The molecule has 1 unspecified atom stereocenters. The highest BCUT2D eigenvalue weighted by Crippen LogP contribution is 2.33. The summed E-state index contributed by atoms with van der Waals surface area (Å²) in [5.74, 6) is 2.11. The van der Waals surface area contributed by atoms with Gasteiger partial charge in [0.15, 0.2) is 11.6 Å². The first-order chi connectivity index (χ1) is 14.2. The van der Waals surface area contributed by atoms with Crippen molar-refractivity contribution in [3.8, 4) is 22.9 Å². The standard InChI is InChI=1S/C23H23N5O/c1-2-13-27-22-19(25-20(26-22)17-11-7-4-8-12-17)21-24-18(15-28(21)23(27)29)14-16-9-5-3-6-10-16/h3-12,18,24H,2,13-15H2,1H3. The summed E-state index contributed by atoms with van der Waals surface area (Å²) in [4.78, 5) is 22.8. The summed E-state index contributed by atoms with van der Waals surface area (Å²) in [5.41, 5.74) is 2.96. The third-order valence-corrected chi connectivity index (χ3v) is 5.40. The second-order valence-corrected chi connectivity index (χ2v) is 7.51. The molecular formula is C23H23N5O. The molecule has 3 heterocycles. The van der Waals surface area contributed by atoms with E-state index in [1.807, 2.05) is 53.1 Å². The van der Waals surface area contributed by atoms with Crippen LogP contribution < -0.4 is 11.0 Å². The zero-order valence-electron chi connectivity index (χ0n) is 16.4. The van der Waals surface area contributed by atoms with Gasteiger partial charge in [-0.2, -0.15) is 0 Å². The number of hydrogen-bond donors (Lipinski definition) is 1. The fourth-order valence-electron chi connectivity index (χ4n) is 4.07. The lowest BCUT2D eigenvalue weighted by Crippen LogP contribution is -2.32. The number of hydrogen-bond acceptors (Lipinski definition) is 4. The quantitative estimate of drug-likeness (QED) is 0.569. The molecule has 0 aromatic heterocycles. The van der Waals surface area contributed by atoms with Crippen LogP contribution in [0.4, 0.5) is 5.82 Å². The van der Waals surface area contributed by atoms with E-state index in [4.69, 9.17) is 9.97 Å². The molecule has 0 saturated heterocycles. The topological polar surface area (TPSA) is 64.7 Å². The van der Waals surface area contributed by atoms with Gasteiger partial charge in [-0.05, 0) is 18.4 Å². The van der Waals surface area contributed by atoms with Gasteiger partial charge in [0.25, 0.3) is 0 Å². The summed E-state index contributed by atoms with van der Waals surface area (Å²) in [6, 6.07) is 20.4. The van der Waals surface area contributed by atoms with Crippen LogP contribution >= 0.6 is 0 Å². The molecule has 146 valence electrons. The molecule has 2 aromatic carbocycles. The van der Waals surface area contributed by atoms with Gasteiger partial charge in [0, 0.05) is 24.7 Å². The molecule has 0 radical (unpaired) electrons. The summed E-state index contributed by atoms with van der Waals surface area (Å²) in [6.45, 7) is 3.34. The molecule has 0 amide bonds. The van der Waals surface area contributed by atoms with Gasteiger partial charge >= 0.3 is 5.69 Å². The molecule has 0 spiro atoms. The Bertz CT molecular complexity index is 1160. The van der Waals surface area contributed by atoms with Gasteiger partial charge < -0.3 is 5.32 Å². The molecule has 5 rings (SSSR count). The van der Waals surface area contributed by atoms with Crippen LogP contribution in [-0.4, -0.2) is 25.1 Å². The van der Waals surface area contributed by atoms with E-state index < -0.39 is 0 Å². The van der Waals surface area contributed by atoms with Crippen molar-refractivity contribution >= 4 is 5.82 Å². The first-order valence-electron chi connectivity index (χ1n) is 10.1. The Morgan fingerprint density at radius 3 is 2.48 bits per heavy atom. The lowest BCUT2D eigenvalue weighted by molar-refractivity contribution is 0.560. The SMILES string of the molecule is CCCn1c2nc(-c3ccccc3)nc-2c2n(c1=O)CC(Cc1ccccc1)N2. The van der Waals surface area contributed by atoms with Crippen LogP contribution in [0, 0.1) is 0 Å². The van der Waals surface area contributed by atoms with Crippen LogP contribution in [0.15, 0.2) is 65.5 Å². The van der Waals surface area contributed by atoms with Gasteiger partial charge in [-0.15, -0.1) is 0 Å². The number of nitrogens with zero attached hydrogens (tertiary/aromatic N) is 4. The first-order valence-corrected chi connectivity index (χ1v) is 10.1. The molecule has 6 nitrogen and oxygen atoms in total. The average Bonchev–Trinajstić information content (AvgIpc) is 3.37. The highest BCUT2D eigenvalue weighted by molar-refractivity contribution is 5.74. The van der Waals surface area contributed by atoms with Crippen molar-refractivity contribution in [3.05, 3.63) is 76.7 Å². The van der Waals surface area contributed by atoms with Crippen molar-refractivity contribution in [3.63, 3.8) is 0 Å². The molecule has 1 atom stereocenters. The van der Waals surface area contributed by atoms with Crippen molar-refractivity contribution in [2.45, 2.75) is 38.9 Å². The fraction of sp³-hybridized carbons (Fsp3) is 0.261. The van der Waals surface area contributed by atoms with Crippen LogP contribution in [0.3, 0.4) is 0 Å². The van der Waals surface area contributed by atoms with Crippen molar-refractivity contribution in [2.75, 3.05) is 5.32 Å². The number of imidazole rings is 1. The Hall–Kier alpha value is -3.41. The summed E-state index contributed by atoms with van der Waals surface area (Å²) in [5, 5.41) is 3.55. The van der Waals surface area contributed by atoms with Gasteiger partial charge in [0.1, 0.15) is 11.5 Å². The third-order valence-electron chi connectivity index (χ3n) is 5.40. The Labute approximate surface area is 169 Å². The molecule has 2 aromatic rings. The maximum atomic E-state index is 13.2. The smallest absolute Gasteiger partial charge is 0.331 e. The molecule has 0 saturated carbocycles. The second-order valence-electron chi connectivity index (χ2n) is 7.51.